The van der Waals surface area contributed by atoms with E-state index in [0.717, 1.165) is 19.4 Å². The van der Waals surface area contributed by atoms with Crippen molar-refractivity contribution in [2.45, 2.75) is 44.8 Å². The van der Waals surface area contributed by atoms with Gasteiger partial charge in [-0.15, -0.1) is 0 Å². The number of ether oxygens (including phenoxy) is 1. The maximum absolute atomic E-state index is 11.3. The van der Waals surface area contributed by atoms with Crippen LogP contribution in [0.15, 0.2) is 0 Å². The van der Waals surface area contributed by atoms with Crippen molar-refractivity contribution in [3.63, 3.8) is 0 Å². The second-order valence-corrected chi connectivity index (χ2v) is 3.80. The summed E-state index contributed by atoms with van der Waals surface area (Å²) in [5, 5.41) is 11.0. The van der Waals surface area contributed by atoms with Crippen molar-refractivity contribution in [1.29, 1.82) is 0 Å². The van der Waals surface area contributed by atoms with Gasteiger partial charge in [-0.3, -0.25) is 9.59 Å². The summed E-state index contributed by atoms with van der Waals surface area (Å²) in [6, 6.07) is -0.818. The molecule has 1 heterocycles. The topological polar surface area (TPSA) is 75.6 Å². The number of hydrogen-bond acceptors (Lipinski definition) is 3. The van der Waals surface area contributed by atoms with E-state index in [1.165, 1.54) is 6.92 Å². The lowest BCUT2D eigenvalue weighted by Crippen LogP contribution is -2.38. The Hall–Kier alpha value is -1.10. The Morgan fingerprint density at radius 2 is 2.33 bits per heavy atom. The maximum atomic E-state index is 11.3. The average molecular weight is 215 g/mol. The van der Waals surface area contributed by atoms with E-state index in [4.69, 9.17) is 9.84 Å². The first kappa shape index (κ1) is 12.0. The lowest BCUT2D eigenvalue weighted by molar-refractivity contribution is -0.141. The summed E-state index contributed by atoms with van der Waals surface area (Å²) >= 11 is 0. The summed E-state index contributed by atoms with van der Waals surface area (Å²) in [5.41, 5.74) is 0. The lowest BCUT2D eigenvalue weighted by Gasteiger charge is -2.11. The van der Waals surface area contributed by atoms with Gasteiger partial charge in [0.05, 0.1) is 6.10 Å². The Kier molecular flexibility index (Phi) is 4.55. The summed E-state index contributed by atoms with van der Waals surface area (Å²) in [6.07, 6.45) is 3.25. The molecule has 1 saturated heterocycles. The van der Waals surface area contributed by atoms with Gasteiger partial charge in [-0.1, -0.05) is 0 Å². The van der Waals surface area contributed by atoms with Crippen molar-refractivity contribution >= 4 is 11.9 Å². The quantitative estimate of drug-likeness (QED) is 0.701. The minimum atomic E-state index is -1.01. The first-order valence-electron chi connectivity index (χ1n) is 5.23. The van der Waals surface area contributed by atoms with Crippen LogP contribution in [0, 0.1) is 0 Å². The van der Waals surface area contributed by atoms with Gasteiger partial charge in [-0.2, -0.15) is 0 Å². The van der Waals surface area contributed by atoms with Crippen molar-refractivity contribution < 1.29 is 19.4 Å². The van der Waals surface area contributed by atoms with Gasteiger partial charge in [0.1, 0.15) is 6.04 Å². The Labute approximate surface area is 88.8 Å². The zero-order valence-corrected chi connectivity index (χ0v) is 8.86. The molecule has 0 bridgehead atoms. The van der Waals surface area contributed by atoms with E-state index in [0.29, 0.717) is 12.8 Å². The number of hydrogen-bond donors (Lipinski definition) is 2. The Bertz CT molecular complexity index is 236. The summed E-state index contributed by atoms with van der Waals surface area (Å²) < 4.78 is 5.36. The second-order valence-electron chi connectivity index (χ2n) is 3.80. The number of aliphatic carboxylic acids is 1. The molecule has 1 amide bonds. The fourth-order valence-electron chi connectivity index (χ4n) is 1.54. The third-order valence-corrected chi connectivity index (χ3v) is 2.47. The van der Waals surface area contributed by atoms with Crippen molar-refractivity contribution in [2.24, 2.45) is 0 Å². The fraction of sp³-hybridized carbons (Fsp3) is 0.800. The molecule has 0 saturated carbocycles. The molecule has 2 atom stereocenters. The van der Waals surface area contributed by atoms with Gasteiger partial charge in [-0.25, -0.2) is 0 Å². The zero-order valence-electron chi connectivity index (χ0n) is 8.86. The highest BCUT2D eigenvalue weighted by Crippen LogP contribution is 2.16. The summed E-state index contributed by atoms with van der Waals surface area (Å²) in [6.45, 7) is 2.23. The van der Waals surface area contributed by atoms with Crippen molar-refractivity contribution in [3.05, 3.63) is 0 Å². The van der Waals surface area contributed by atoms with Crippen LogP contribution in [0.1, 0.15) is 32.6 Å². The van der Waals surface area contributed by atoms with Crippen LogP contribution < -0.4 is 5.32 Å². The summed E-state index contributed by atoms with van der Waals surface area (Å²) in [7, 11) is 0. The monoisotopic (exact) mass is 215 g/mol. The molecule has 5 nitrogen and oxygen atoms in total. The molecule has 1 aliphatic rings. The van der Waals surface area contributed by atoms with Crippen LogP contribution in [0.4, 0.5) is 0 Å². The molecule has 0 radical (unpaired) electrons. The first-order valence-corrected chi connectivity index (χ1v) is 5.23. The number of amides is 1. The largest absolute Gasteiger partial charge is 0.480 e. The highest BCUT2D eigenvalue weighted by atomic mass is 16.5. The first-order chi connectivity index (χ1) is 7.09. The van der Waals surface area contributed by atoms with Crippen LogP contribution in [0.5, 0.6) is 0 Å². The number of rotatable bonds is 5. The molecule has 1 rings (SSSR count). The summed E-state index contributed by atoms with van der Waals surface area (Å²) in [4.78, 5) is 21.7. The van der Waals surface area contributed by atoms with Gasteiger partial charge in [0, 0.05) is 13.0 Å². The summed E-state index contributed by atoms with van der Waals surface area (Å²) in [5.74, 6) is -1.24. The third-order valence-electron chi connectivity index (χ3n) is 2.47. The van der Waals surface area contributed by atoms with Gasteiger partial charge in [0.25, 0.3) is 0 Å². The van der Waals surface area contributed by atoms with Crippen LogP contribution in [-0.2, 0) is 14.3 Å². The minimum Gasteiger partial charge on any atom is -0.480 e. The number of nitrogens with one attached hydrogen (secondary N) is 1. The number of carbonyl (C=O) groups is 2. The Morgan fingerprint density at radius 3 is 2.87 bits per heavy atom. The predicted octanol–water partition coefficient (Wildman–Crippen LogP) is 0.535. The Balaban J connectivity index is 2.15. The van der Waals surface area contributed by atoms with Gasteiger partial charge < -0.3 is 15.2 Å². The smallest absolute Gasteiger partial charge is 0.325 e. The molecule has 1 unspecified atom stereocenters. The van der Waals surface area contributed by atoms with E-state index in [2.05, 4.69) is 5.32 Å². The van der Waals surface area contributed by atoms with Crippen molar-refractivity contribution in [2.75, 3.05) is 6.61 Å². The number of carboxylic acids is 1. The Morgan fingerprint density at radius 1 is 1.60 bits per heavy atom. The number of carbonyl (C=O) groups excluding carboxylic acids is 1. The lowest BCUT2D eigenvalue weighted by atomic mass is 10.1. The predicted molar refractivity (Wildman–Crippen MR) is 53.4 cm³/mol. The van der Waals surface area contributed by atoms with Gasteiger partial charge in [0.15, 0.2) is 0 Å². The molecular formula is C10H17NO4. The molecule has 1 fully saturated rings. The van der Waals surface area contributed by atoms with E-state index in [1.807, 2.05) is 0 Å². The molecular weight excluding hydrogens is 198 g/mol. The zero-order chi connectivity index (χ0) is 11.3. The molecule has 1 aliphatic heterocycles. The minimum absolute atomic E-state index is 0.177. The van der Waals surface area contributed by atoms with Crippen LogP contribution in [-0.4, -0.2) is 35.7 Å². The molecule has 5 heteroatoms. The van der Waals surface area contributed by atoms with E-state index in [1.54, 1.807) is 0 Å². The van der Waals surface area contributed by atoms with Gasteiger partial charge >= 0.3 is 5.97 Å². The SMILES string of the molecule is C[C@H](NC(=O)CCC1CCCO1)C(=O)O. The van der Waals surface area contributed by atoms with E-state index < -0.39 is 12.0 Å². The molecule has 0 aromatic heterocycles. The highest BCUT2D eigenvalue weighted by molar-refractivity contribution is 5.83. The van der Waals surface area contributed by atoms with Crippen LogP contribution in [0.3, 0.4) is 0 Å². The standard InChI is InChI=1S/C10H17NO4/c1-7(10(13)14)11-9(12)5-4-8-3-2-6-15-8/h7-8H,2-6H2,1H3,(H,11,12)(H,13,14)/t7-,8?/m0/s1. The van der Waals surface area contributed by atoms with Crippen molar-refractivity contribution in [3.8, 4) is 0 Å². The molecule has 0 aromatic carbocycles. The van der Waals surface area contributed by atoms with Crippen LogP contribution >= 0.6 is 0 Å². The fourth-order valence-corrected chi connectivity index (χ4v) is 1.54. The second kappa shape index (κ2) is 5.70. The highest BCUT2D eigenvalue weighted by Gasteiger charge is 2.18. The van der Waals surface area contributed by atoms with E-state index in [-0.39, 0.29) is 12.0 Å². The van der Waals surface area contributed by atoms with Crippen LogP contribution in [0.2, 0.25) is 0 Å². The number of carboxylic acid groups (broad SMARTS) is 1. The molecule has 0 spiro atoms. The average Bonchev–Trinajstić information content (AvgIpc) is 2.66. The van der Waals surface area contributed by atoms with Gasteiger partial charge in [-0.05, 0) is 26.2 Å². The third kappa shape index (κ3) is 4.29. The van der Waals surface area contributed by atoms with E-state index in [9.17, 15) is 9.59 Å². The maximum Gasteiger partial charge on any atom is 0.325 e. The van der Waals surface area contributed by atoms with Crippen LogP contribution in [0.25, 0.3) is 0 Å². The van der Waals surface area contributed by atoms with E-state index >= 15 is 0 Å². The molecule has 0 aromatic rings. The molecule has 0 aliphatic carbocycles. The van der Waals surface area contributed by atoms with Crippen molar-refractivity contribution in [1.82, 2.24) is 5.32 Å². The normalized spacial score (nSPS) is 22.3. The molecule has 15 heavy (non-hydrogen) atoms. The van der Waals surface area contributed by atoms with Gasteiger partial charge in [0.2, 0.25) is 5.91 Å². The molecule has 2 N–H and O–H groups in total. The molecule has 86 valence electrons.